The van der Waals surface area contributed by atoms with Crippen LogP contribution in [0, 0.1) is 5.92 Å². The number of hydrogen-bond acceptors (Lipinski definition) is 13. The van der Waals surface area contributed by atoms with Crippen LogP contribution in [0.1, 0.15) is 20.3 Å². The molecule has 1 atom stereocenters. The molecule has 0 spiro atoms. The Morgan fingerprint density at radius 3 is 0.767 bits per heavy atom. The summed E-state index contributed by atoms with van der Waals surface area (Å²) in [6.45, 7) is 18.6. The Morgan fingerprint density at radius 2 is 0.558 bits per heavy atom. The predicted molar refractivity (Wildman–Crippen MR) is 163 cm³/mol. The Balaban J connectivity index is 3.04. The van der Waals surface area contributed by atoms with Crippen LogP contribution in [0.15, 0.2) is 0 Å². The molecule has 13 heteroatoms. The number of likely N-dealkylation sites (N-methyl/N-ethyl adjacent to an activating group) is 1. The smallest absolute Gasteiger partial charge is 0.0701 e. The van der Waals surface area contributed by atoms with E-state index < -0.39 is 0 Å². The molecule has 0 aromatic carbocycles. The van der Waals surface area contributed by atoms with E-state index >= 15 is 0 Å². The monoisotopic (exact) mass is 629 g/mol. The van der Waals surface area contributed by atoms with Crippen molar-refractivity contribution in [2.75, 3.05) is 172 Å². The molecule has 0 aliphatic rings. The van der Waals surface area contributed by atoms with Crippen molar-refractivity contribution in [2.45, 2.75) is 20.3 Å². The molecule has 260 valence electrons. The zero-order valence-electron chi connectivity index (χ0n) is 27.4. The van der Waals surface area contributed by atoms with Crippen LogP contribution in [-0.2, 0) is 56.8 Å². The lowest BCUT2D eigenvalue weighted by Crippen LogP contribution is -2.17. The first-order valence-electron chi connectivity index (χ1n) is 15.9. The summed E-state index contributed by atoms with van der Waals surface area (Å²) >= 11 is 0. The number of rotatable bonds is 39. The fourth-order valence-electron chi connectivity index (χ4n) is 3.00. The zero-order valence-corrected chi connectivity index (χ0v) is 27.4. The Labute approximate surface area is 260 Å². The Morgan fingerprint density at radius 1 is 0.349 bits per heavy atom. The summed E-state index contributed by atoms with van der Waals surface area (Å²) in [5.74, 6) is 0.599. The van der Waals surface area contributed by atoms with Crippen molar-refractivity contribution < 1.29 is 56.8 Å². The van der Waals surface area contributed by atoms with E-state index in [1.165, 1.54) is 0 Å². The predicted octanol–water partition coefficient (Wildman–Crippen LogP) is 1.45. The van der Waals surface area contributed by atoms with Crippen LogP contribution >= 0.6 is 0 Å². The van der Waals surface area contributed by atoms with Gasteiger partial charge in [0.1, 0.15) is 0 Å². The molecule has 0 rings (SSSR count). The van der Waals surface area contributed by atoms with Crippen LogP contribution in [0.4, 0.5) is 0 Å². The normalized spacial score (nSPS) is 12.3. The van der Waals surface area contributed by atoms with Gasteiger partial charge in [0, 0.05) is 13.2 Å². The van der Waals surface area contributed by atoms with Gasteiger partial charge in [-0.25, -0.2) is 0 Å². The highest BCUT2D eigenvalue weighted by Gasteiger charge is 1.99. The van der Waals surface area contributed by atoms with Crippen molar-refractivity contribution in [2.24, 2.45) is 5.92 Å². The summed E-state index contributed by atoms with van der Waals surface area (Å²) in [6.07, 6.45) is 1.13. The van der Waals surface area contributed by atoms with Crippen molar-refractivity contribution in [3.05, 3.63) is 0 Å². The molecule has 0 aromatic rings. The van der Waals surface area contributed by atoms with E-state index in [2.05, 4.69) is 19.2 Å². The van der Waals surface area contributed by atoms with Crippen LogP contribution in [0.3, 0.4) is 0 Å². The van der Waals surface area contributed by atoms with Crippen LogP contribution in [0.25, 0.3) is 0 Å². The molecule has 0 aliphatic heterocycles. The number of hydrogen-bond donors (Lipinski definition) is 1. The highest BCUT2D eigenvalue weighted by atomic mass is 16.6. The lowest BCUT2D eigenvalue weighted by atomic mass is 10.1. The minimum Gasteiger partial charge on any atom is -0.379 e. The first-order chi connectivity index (χ1) is 21.3. The van der Waals surface area contributed by atoms with Crippen LogP contribution < -0.4 is 5.32 Å². The maximum absolute atomic E-state index is 5.53. The van der Waals surface area contributed by atoms with Crippen LogP contribution in [0.2, 0.25) is 0 Å². The molecule has 1 unspecified atom stereocenters. The maximum atomic E-state index is 5.53. The van der Waals surface area contributed by atoms with E-state index in [4.69, 9.17) is 56.8 Å². The molecule has 0 radical (unpaired) electrons. The first kappa shape index (κ1) is 42.5. The van der Waals surface area contributed by atoms with E-state index in [0.717, 1.165) is 19.6 Å². The van der Waals surface area contributed by atoms with Crippen molar-refractivity contribution in [1.82, 2.24) is 5.32 Å². The van der Waals surface area contributed by atoms with Crippen molar-refractivity contribution in [1.29, 1.82) is 0 Å². The second-order valence-corrected chi connectivity index (χ2v) is 9.43. The average Bonchev–Trinajstić information content (AvgIpc) is 3.02. The summed E-state index contributed by atoms with van der Waals surface area (Å²) < 4.78 is 65.5. The van der Waals surface area contributed by atoms with E-state index in [9.17, 15) is 0 Å². The second-order valence-electron chi connectivity index (χ2n) is 9.43. The van der Waals surface area contributed by atoms with Gasteiger partial charge in [-0.2, -0.15) is 0 Å². The van der Waals surface area contributed by atoms with Gasteiger partial charge in [-0.15, -0.1) is 0 Å². The molecule has 43 heavy (non-hydrogen) atoms. The van der Waals surface area contributed by atoms with Gasteiger partial charge in [0.2, 0.25) is 0 Å². The highest BCUT2D eigenvalue weighted by molar-refractivity contribution is 4.46. The number of nitrogens with one attached hydrogen (secondary N) is 1. The van der Waals surface area contributed by atoms with Gasteiger partial charge in [-0.3, -0.25) is 0 Å². The van der Waals surface area contributed by atoms with Crippen LogP contribution in [0.5, 0.6) is 0 Å². The maximum Gasteiger partial charge on any atom is 0.0701 e. The highest BCUT2D eigenvalue weighted by Crippen LogP contribution is 2.00. The van der Waals surface area contributed by atoms with E-state index in [0.29, 0.717) is 158 Å². The fourth-order valence-corrected chi connectivity index (χ4v) is 3.00. The second kappa shape index (κ2) is 39.5. The largest absolute Gasteiger partial charge is 0.379 e. The molecule has 0 heterocycles. The van der Waals surface area contributed by atoms with Crippen molar-refractivity contribution in [3.63, 3.8) is 0 Å². The summed E-state index contributed by atoms with van der Waals surface area (Å²) in [7, 11) is 1.90. The van der Waals surface area contributed by atoms with Gasteiger partial charge in [0.05, 0.1) is 152 Å². The quantitative estimate of drug-likeness (QED) is 0.0988. The molecule has 1 N–H and O–H groups in total. The molecular formula is C30H63NO12. The van der Waals surface area contributed by atoms with E-state index in [1.54, 1.807) is 0 Å². The molecule has 0 aliphatic carbocycles. The summed E-state index contributed by atoms with van der Waals surface area (Å²) in [5, 5.41) is 3.02. The summed E-state index contributed by atoms with van der Waals surface area (Å²) in [6, 6.07) is 0. The summed E-state index contributed by atoms with van der Waals surface area (Å²) in [5.41, 5.74) is 0. The minimum absolute atomic E-state index is 0.518. The van der Waals surface area contributed by atoms with Gasteiger partial charge in [0.25, 0.3) is 0 Å². The van der Waals surface area contributed by atoms with Crippen molar-refractivity contribution >= 4 is 0 Å². The average molecular weight is 630 g/mol. The Bertz CT molecular complexity index is 496. The SMILES string of the molecule is CCC(C)COCCOCCOCCOCCOCCOCCOCCOCCOCCOCCOCCOCCNC. The zero-order chi connectivity index (χ0) is 31.2. The molecule has 0 bridgehead atoms. The van der Waals surface area contributed by atoms with Gasteiger partial charge in [-0.1, -0.05) is 20.3 Å². The van der Waals surface area contributed by atoms with Crippen molar-refractivity contribution in [3.8, 4) is 0 Å². The Hall–Kier alpha value is -0.520. The molecule has 0 saturated carbocycles. The lowest BCUT2D eigenvalue weighted by molar-refractivity contribution is -0.0285. The van der Waals surface area contributed by atoms with Crippen LogP contribution in [-0.4, -0.2) is 172 Å². The molecule has 0 saturated heterocycles. The Kier molecular flexibility index (Phi) is 39.0. The molecule has 0 amide bonds. The van der Waals surface area contributed by atoms with Gasteiger partial charge >= 0.3 is 0 Å². The fraction of sp³-hybridized carbons (Fsp3) is 1.00. The van der Waals surface area contributed by atoms with Gasteiger partial charge in [0.15, 0.2) is 0 Å². The molecule has 13 nitrogen and oxygen atoms in total. The third-order valence-corrected chi connectivity index (χ3v) is 5.69. The summed E-state index contributed by atoms with van der Waals surface area (Å²) in [4.78, 5) is 0. The van der Waals surface area contributed by atoms with E-state index in [-0.39, 0.29) is 0 Å². The third kappa shape index (κ3) is 39.5. The third-order valence-electron chi connectivity index (χ3n) is 5.69. The standard InChI is InChI=1S/C30H63NO12/c1-4-30(2)29-43-28-27-42-26-25-41-24-23-40-22-21-39-20-19-38-18-17-37-16-15-36-14-13-35-12-11-34-10-9-33-8-7-32-6-5-31-3/h30-31H,4-29H2,1-3H3. The minimum atomic E-state index is 0.518. The lowest BCUT2D eigenvalue weighted by Gasteiger charge is -2.10. The van der Waals surface area contributed by atoms with Gasteiger partial charge in [-0.05, 0) is 13.0 Å². The number of ether oxygens (including phenoxy) is 12. The van der Waals surface area contributed by atoms with Gasteiger partial charge < -0.3 is 62.2 Å². The topological polar surface area (TPSA) is 123 Å². The molecule has 0 aromatic heterocycles. The van der Waals surface area contributed by atoms with E-state index in [1.807, 2.05) is 7.05 Å². The molecule has 0 fully saturated rings. The molecular weight excluding hydrogens is 566 g/mol. The first-order valence-corrected chi connectivity index (χ1v) is 15.9.